The summed E-state index contributed by atoms with van der Waals surface area (Å²) >= 11 is 0. The number of benzene rings is 1. The molecule has 0 aliphatic rings. The molecule has 1 N–H and O–H groups in total. The summed E-state index contributed by atoms with van der Waals surface area (Å²) in [7, 11) is 0. The zero-order valence-corrected chi connectivity index (χ0v) is 13.6. The molecule has 1 amide bonds. The first kappa shape index (κ1) is 16.3. The van der Waals surface area contributed by atoms with E-state index in [1.807, 2.05) is 31.2 Å². The molecule has 4 nitrogen and oxygen atoms in total. The van der Waals surface area contributed by atoms with E-state index < -0.39 is 0 Å². The molecular formula is C18H24N2O2. The van der Waals surface area contributed by atoms with E-state index in [1.165, 1.54) is 5.56 Å². The van der Waals surface area contributed by atoms with E-state index in [0.717, 1.165) is 29.9 Å². The lowest BCUT2D eigenvalue weighted by Gasteiger charge is -2.03. The van der Waals surface area contributed by atoms with Gasteiger partial charge in [0, 0.05) is 24.9 Å². The Morgan fingerprint density at radius 2 is 1.95 bits per heavy atom. The van der Waals surface area contributed by atoms with Gasteiger partial charge in [0.15, 0.2) is 0 Å². The van der Waals surface area contributed by atoms with Crippen LogP contribution in [0.5, 0.6) is 0 Å². The van der Waals surface area contributed by atoms with Crippen molar-refractivity contribution in [3.05, 3.63) is 41.3 Å². The van der Waals surface area contributed by atoms with Gasteiger partial charge < -0.3 is 9.73 Å². The molecule has 0 bridgehead atoms. The van der Waals surface area contributed by atoms with Crippen molar-refractivity contribution in [2.24, 2.45) is 0 Å². The highest BCUT2D eigenvalue weighted by molar-refractivity contribution is 5.75. The number of nitrogens with one attached hydrogen (secondary N) is 1. The first-order valence-electron chi connectivity index (χ1n) is 7.90. The molecule has 1 aromatic heterocycles. The number of unbranched alkanes of at least 4 members (excludes halogenated alkanes) is 1. The summed E-state index contributed by atoms with van der Waals surface area (Å²) in [6.07, 6.45) is 3.27. The van der Waals surface area contributed by atoms with E-state index in [1.54, 1.807) is 0 Å². The minimum absolute atomic E-state index is 0.113. The lowest BCUT2D eigenvalue weighted by atomic mass is 10.1. The molecule has 4 heteroatoms. The fourth-order valence-electron chi connectivity index (χ4n) is 2.23. The van der Waals surface area contributed by atoms with Gasteiger partial charge in [0.25, 0.3) is 0 Å². The normalized spacial score (nSPS) is 10.7. The van der Waals surface area contributed by atoms with E-state index >= 15 is 0 Å². The zero-order valence-electron chi connectivity index (χ0n) is 13.6. The van der Waals surface area contributed by atoms with Crippen LogP contribution in [0.3, 0.4) is 0 Å². The van der Waals surface area contributed by atoms with Gasteiger partial charge >= 0.3 is 0 Å². The first-order valence-corrected chi connectivity index (χ1v) is 7.90. The molecule has 0 aliphatic carbocycles. The second kappa shape index (κ2) is 7.78. The average Bonchev–Trinajstić information content (AvgIpc) is 2.87. The van der Waals surface area contributed by atoms with Gasteiger partial charge in [-0.25, -0.2) is 4.98 Å². The van der Waals surface area contributed by atoms with Crippen LogP contribution in [0.1, 0.15) is 43.2 Å². The van der Waals surface area contributed by atoms with E-state index in [4.69, 9.17) is 4.42 Å². The smallest absolute Gasteiger partial charge is 0.226 e. The average molecular weight is 300 g/mol. The van der Waals surface area contributed by atoms with Crippen molar-refractivity contribution in [2.45, 2.75) is 46.5 Å². The lowest BCUT2D eigenvalue weighted by Crippen LogP contribution is -2.25. The van der Waals surface area contributed by atoms with Crippen LogP contribution in [0, 0.1) is 13.8 Å². The maximum Gasteiger partial charge on any atom is 0.226 e. The minimum Gasteiger partial charge on any atom is -0.441 e. The Bertz CT molecular complexity index is 615. The third-order valence-corrected chi connectivity index (χ3v) is 3.63. The molecule has 2 rings (SSSR count). The highest BCUT2D eigenvalue weighted by Gasteiger charge is 2.11. The molecule has 0 saturated heterocycles. The number of oxazole rings is 1. The van der Waals surface area contributed by atoms with Gasteiger partial charge in [0.05, 0.1) is 5.69 Å². The van der Waals surface area contributed by atoms with Gasteiger partial charge in [0.2, 0.25) is 11.8 Å². The quantitative estimate of drug-likeness (QED) is 0.846. The van der Waals surface area contributed by atoms with Crippen LogP contribution in [-0.2, 0) is 11.2 Å². The van der Waals surface area contributed by atoms with Crippen molar-refractivity contribution in [3.8, 4) is 11.5 Å². The van der Waals surface area contributed by atoms with Crippen molar-refractivity contribution in [1.29, 1.82) is 0 Å². The molecule has 0 aliphatic heterocycles. The maximum atomic E-state index is 11.6. The second-order valence-corrected chi connectivity index (χ2v) is 5.59. The van der Waals surface area contributed by atoms with Gasteiger partial charge in [-0.1, -0.05) is 31.0 Å². The molecule has 0 fully saturated rings. The van der Waals surface area contributed by atoms with E-state index in [2.05, 4.69) is 24.1 Å². The molecule has 1 aromatic carbocycles. The number of amides is 1. The van der Waals surface area contributed by atoms with Gasteiger partial charge in [-0.15, -0.1) is 0 Å². The fraction of sp³-hybridized carbons (Fsp3) is 0.444. The summed E-state index contributed by atoms with van der Waals surface area (Å²) in [5.41, 5.74) is 3.10. The fourth-order valence-corrected chi connectivity index (χ4v) is 2.23. The van der Waals surface area contributed by atoms with Gasteiger partial charge in [-0.05, 0) is 32.4 Å². The van der Waals surface area contributed by atoms with Crippen molar-refractivity contribution < 1.29 is 9.21 Å². The standard InChI is InChI=1S/C18H24N2O2/c1-4-5-6-17(21)19-12-11-16-14(3)22-18(20-16)15-9-7-13(2)8-10-15/h7-10H,4-6,11-12H2,1-3H3,(H,19,21). The monoisotopic (exact) mass is 300 g/mol. The van der Waals surface area contributed by atoms with Crippen molar-refractivity contribution in [3.63, 3.8) is 0 Å². The topological polar surface area (TPSA) is 55.1 Å². The maximum absolute atomic E-state index is 11.6. The molecule has 0 saturated carbocycles. The van der Waals surface area contributed by atoms with Gasteiger partial charge in [-0.2, -0.15) is 0 Å². The molecule has 1 heterocycles. The number of nitrogens with zero attached hydrogens (tertiary/aromatic N) is 1. The third kappa shape index (κ3) is 4.45. The summed E-state index contributed by atoms with van der Waals surface area (Å²) in [4.78, 5) is 16.1. The summed E-state index contributed by atoms with van der Waals surface area (Å²) in [5, 5.41) is 2.93. The summed E-state index contributed by atoms with van der Waals surface area (Å²) in [6.45, 7) is 6.65. The van der Waals surface area contributed by atoms with Crippen molar-refractivity contribution in [1.82, 2.24) is 10.3 Å². The largest absolute Gasteiger partial charge is 0.441 e. The Kier molecular flexibility index (Phi) is 5.75. The van der Waals surface area contributed by atoms with Crippen LogP contribution in [0.25, 0.3) is 11.5 Å². The number of hydrogen-bond donors (Lipinski definition) is 1. The van der Waals surface area contributed by atoms with Crippen LogP contribution >= 0.6 is 0 Å². The molecule has 0 spiro atoms. The predicted molar refractivity (Wildman–Crippen MR) is 87.7 cm³/mol. The minimum atomic E-state index is 0.113. The molecule has 0 radical (unpaired) electrons. The predicted octanol–water partition coefficient (Wildman–Crippen LogP) is 3.81. The van der Waals surface area contributed by atoms with Crippen LogP contribution in [-0.4, -0.2) is 17.4 Å². The molecule has 22 heavy (non-hydrogen) atoms. The molecule has 118 valence electrons. The highest BCUT2D eigenvalue weighted by Crippen LogP contribution is 2.22. The Morgan fingerprint density at radius 3 is 2.64 bits per heavy atom. The second-order valence-electron chi connectivity index (χ2n) is 5.59. The number of carbonyl (C=O) groups excluding carboxylic acids is 1. The van der Waals surface area contributed by atoms with E-state index in [0.29, 0.717) is 25.3 Å². The molecule has 0 atom stereocenters. The molecule has 2 aromatic rings. The van der Waals surface area contributed by atoms with Gasteiger partial charge in [0.1, 0.15) is 5.76 Å². The number of hydrogen-bond acceptors (Lipinski definition) is 3. The Labute approximate surface area is 131 Å². The summed E-state index contributed by atoms with van der Waals surface area (Å²) < 4.78 is 5.74. The summed E-state index contributed by atoms with van der Waals surface area (Å²) in [6, 6.07) is 8.11. The SMILES string of the molecule is CCCCC(=O)NCCc1nc(-c2ccc(C)cc2)oc1C. The summed E-state index contributed by atoms with van der Waals surface area (Å²) in [5.74, 6) is 1.57. The Morgan fingerprint density at radius 1 is 1.23 bits per heavy atom. The number of aryl methyl sites for hydroxylation is 2. The lowest BCUT2D eigenvalue weighted by molar-refractivity contribution is -0.121. The van der Waals surface area contributed by atoms with Crippen LogP contribution < -0.4 is 5.32 Å². The Hall–Kier alpha value is -2.10. The molecular weight excluding hydrogens is 276 g/mol. The van der Waals surface area contributed by atoms with Crippen LogP contribution in [0.4, 0.5) is 0 Å². The van der Waals surface area contributed by atoms with Gasteiger partial charge in [-0.3, -0.25) is 4.79 Å². The van der Waals surface area contributed by atoms with Crippen molar-refractivity contribution >= 4 is 5.91 Å². The van der Waals surface area contributed by atoms with E-state index in [9.17, 15) is 4.79 Å². The number of rotatable bonds is 7. The number of aromatic nitrogens is 1. The number of carbonyl (C=O) groups is 1. The highest BCUT2D eigenvalue weighted by atomic mass is 16.4. The first-order chi connectivity index (χ1) is 10.6. The Balaban J connectivity index is 1.93. The zero-order chi connectivity index (χ0) is 15.9. The molecule has 0 unspecified atom stereocenters. The van der Waals surface area contributed by atoms with Crippen LogP contribution in [0.2, 0.25) is 0 Å². The third-order valence-electron chi connectivity index (χ3n) is 3.63. The van der Waals surface area contributed by atoms with Crippen LogP contribution in [0.15, 0.2) is 28.7 Å². The van der Waals surface area contributed by atoms with E-state index in [-0.39, 0.29) is 5.91 Å². The van der Waals surface area contributed by atoms with Crippen molar-refractivity contribution in [2.75, 3.05) is 6.54 Å².